The summed E-state index contributed by atoms with van der Waals surface area (Å²) in [7, 11) is 0. The highest BCUT2D eigenvalue weighted by Crippen LogP contribution is 2.26. The highest BCUT2D eigenvalue weighted by molar-refractivity contribution is 8.93. The summed E-state index contributed by atoms with van der Waals surface area (Å²) in [5.41, 5.74) is 17.5. The average Bonchev–Trinajstić information content (AvgIpc) is 2.70. The molecule has 28 heavy (non-hydrogen) atoms. The zero-order valence-corrected chi connectivity index (χ0v) is 18.5. The molecule has 0 aliphatic carbocycles. The van der Waals surface area contributed by atoms with Gasteiger partial charge in [0.05, 0.1) is 0 Å². The number of allylic oxidation sites excluding steroid dienone is 6. The van der Waals surface area contributed by atoms with Crippen molar-refractivity contribution in [1.29, 1.82) is 0 Å². The van der Waals surface area contributed by atoms with E-state index in [1.54, 1.807) is 0 Å². The molecule has 4 rings (SSSR count). The van der Waals surface area contributed by atoms with Gasteiger partial charge in [-0.1, -0.05) is 0 Å². The van der Waals surface area contributed by atoms with Gasteiger partial charge in [-0.2, -0.15) is 0 Å². The Morgan fingerprint density at radius 2 is 0.750 bits per heavy atom. The molecule has 0 atom stereocenters. The van der Waals surface area contributed by atoms with Crippen molar-refractivity contribution in [3.05, 3.63) is 109 Å². The molecule has 0 amide bonds. The van der Waals surface area contributed by atoms with E-state index in [1.807, 2.05) is 48.5 Å². The average molecular weight is 502 g/mol. The van der Waals surface area contributed by atoms with Gasteiger partial charge in [0.2, 0.25) is 0 Å². The van der Waals surface area contributed by atoms with Crippen LogP contribution < -0.4 is 21.3 Å². The van der Waals surface area contributed by atoms with Gasteiger partial charge in [0.15, 0.2) is 0 Å². The van der Waals surface area contributed by atoms with Crippen molar-refractivity contribution in [2.45, 2.75) is 0 Å². The van der Waals surface area contributed by atoms with Crippen molar-refractivity contribution < 1.29 is 0 Å². The number of benzene rings is 2. The van der Waals surface area contributed by atoms with Crippen LogP contribution in [0.5, 0.6) is 0 Å². The molecule has 4 nitrogen and oxygen atoms in total. The molecule has 0 saturated heterocycles. The first-order valence-corrected chi connectivity index (χ1v) is 8.44. The minimum Gasteiger partial charge on any atom is -0.399 e. The normalized spacial score (nSPS) is 14.7. The molecule has 2 aromatic rings. The van der Waals surface area contributed by atoms with Gasteiger partial charge in [-0.25, -0.2) is 0 Å². The maximum Gasteiger partial charge on any atom is 0.0450 e. The zero-order chi connectivity index (χ0) is 17.9. The third-order valence-electron chi connectivity index (χ3n) is 4.37. The van der Waals surface area contributed by atoms with Crippen LogP contribution in [0.2, 0.25) is 0 Å². The van der Waals surface area contributed by atoms with Crippen LogP contribution in [0.15, 0.2) is 109 Å². The van der Waals surface area contributed by atoms with E-state index in [9.17, 15) is 0 Å². The summed E-state index contributed by atoms with van der Waals surface area (Å²) in [5, 5.41) is 0. The van der Waals surface area contributed by atoms with Gasteiger partial charge in [0.1, 0.15) is 0 Å². The fraction of sp³-hybridized carbons (Fsp3) is 0. The Morgan fingerprint density at radius 1 is 0.464 bits per heavy atom. The predicted molar refractivity (Wildman–Crippen MR) is 131 cm³/mol. The molecule has 2 aliphatic rings. The molecule has 2 aromatic carbocycles. The van der Waals surface area contributed by atoms with Crippen LogP contribution in [0.1, 0.15) is 0 Å². The van der Waals surface area contributed by atoms with Crippen LogP contribution in [0.25, 0.3) is 0 Å². The Kier molecular flexibility index (Phi) is 7.31. The van der Waals surface area contributed by atoms with E-state index >= 15 is 0 Å². The Labute approximate surface area is 186 Å². The van der Waals surface area contributed by atoms with Crippen LogP contribution in [-0.4, -0.2) is 0 Å². The summed E-state index contributed by atoms with van der Waals surface area (Å²) in [5.74, 6) is 0. The lowest BCUT2D eigenvalue weighted by molar-refractivity contribution is 1.22. The zero-order valence-electron chi connectivity index (χ0n) is 15.1. The first-order chi connectivity index (χ1) is 12.7. The van der Waals surface area contributed by atoms with Gasteiger partial charge in [-0.3, -0.25) is 0 Å². The molecule has 2 aliphatic heterocycles. The van der Waals surface area contributed by atoms with E-state index in [0.717, 1.165) is 22.7 Å². The smallest absolute Gasteiger partial charge is 0.0450 e. The number of nitrogen functional groups attached to an aromatic ring is 2. The summed E-state index contributed by atoms with van der Waals surface area (Å²) in [6.07, 6.45) is 16.7. The molecule has 144 valence electrons. The third-order valence-corrected chi connectivity index (χ3v) is 4.37. The second kappa shape index (κ2) is 9.48. The van der Waals surface area contributed by atoms with Gasteiger partial charge in [-0.05, 0) is 84.0 Å². The lowest BCUT2D eigenvalue weighted by Gasteiger charge is -2.22. The van der Waals surface area contributed by atoms with Gasteiger partial charge in [0.25, 0.3) is 0 Å². The first-order valence-electron chi connectivity index (χ1n) is 8.44. The molecule has 0 radical (unpaired) electrons. The van der Waals surface area contributed by atoms with Crippen molar-refractivity contribution in [1.82, 2.24) is 0 Å². The molecule has 4 N–H and O–H groups in total. The molecule has 0 saturated carbocycles. The van der Waals surface area contributed by atoms with Crippen LogP contribution >= 0.6 is 34.0 Å². The van der Waals surface area contributed by atoms with Crippen molar-refractivity contribution in [3.8, 4) is 0 Å². The minimum absolute atomic E-state index is 0. The summed E-state index contributed by atoms with van der Waals surface area (Å²) in [4.78, 5) is 4.14. The maximum atomic E-state index is 5.75. The number of halogens is 2. The summed E-state index contributed by atoms with van der Waals surface area (Å²) in [6, 6.07) is 15.7. The standard InChI is InChI=1S/C22H20N4.2BrH/c23-19-1-5-21(6-2-19)25-13-9-17(10-14-25)18-11-15-26(16-12-18)22-7-3-20(24)4-8-22;;/h1-16H,23-24H2;2*1H. The van der Waals surface area contributed by atoms with E-state index in [1.165, 1.54) is 11.1 Å². The lowest BCUT2D eigenvalue weighted by atomic mass is 10.0. The topological polar surface area (TPSA) is 58.5 Å². The van der Waals surface area contributed by atoms with Crippen molar-refractivity contribution in [2.24, 2.45) is 0 Å². The molecule has 0 spiro atoms. The van der Waals surface area contributed by atoms with Gasteiger partial charge in [-0.15, -0.1) is 34.0 Å². The van der Waals surface area contributed by atoms with E-state index in [2.05, 4.69) is 58.9 Å². The van der Waals surface area contributed by atoms with E-state index < -0.39 is 0 Å². The number of hydrogen-bond donors (Lipinski definition) is 2. The van der Waals surface area contributed by atoms with Gasteiger partial charge >= 0.3 is 0 Å². The van der Waals surface area contributed by atoms with Crippen LogP contribution in [0, 0.1) is 0 Å². The SMILES string of the molecule is Br.Br.Nc1ccc(N2C=CC(=C3C=CN(c4ccc(N)cc4)C=C3)C=C2)cc1. The quantitative estimate of drug-likeness (QED) is 0.518. The monoisotopic (exact) mass is 500 g/mol. The van der Waals surface area contributed by atoms with Crippen molar-refractivity contribution in [2.75, 3.05) is 21.3 Å². The molecular weight excluding hydrogens is 480 g/mol. The number of hydrogen-bond acceptors (Lipinski definition) is 4. The van der Waals surface area contributed by atoms with Crippen LogP contribution in [-0.2, 0) is 0 Å². The molecule has 0 aromatic heterocycles. The summed E-state index contributed by atoms with van der Waals surface area (Å²) >= 11 is 0. The highest BCUT2D eigenvalue weighted by atomic mass is 79.9. The Morgan fingerprint density at radius 3 is 1.04 bits per heavy atom. The Balaban J connectivity index is 0.00000140. The predicted octanol–water partition coefficient (Wildman–Crippen LogP) is 5.70. The van der Waals surface area contributed by atoms with Crippen molar-refractivity contribution in [3.63, 3.8) is 0 Å². The molecule has 0 fully saturated rings. The number of rotatable bonds is 2. The van der Waals surface area contributed by atoms with E-state index in [0.29, 0.717) is 0 Å². The molecular formula is C22H22Br2N4. The van der Waals surface area contributed by atoms with E-state index in [4.69, 9.17) is 11.5 Å². The molecule has 6 heteroatoms. The second-order valence-corrected chi connectivity index (χ2v) is 6.17. The number of anilines is 4. The highest BCUT2D eigenvalue weighted by Gasteiger charge is 2.09. The first kappa shape index (κ1) is 21.6. The third kappa shape index (κ3) is 4.77. The minimum atomic E-state index is 0. The second-order valence-electron chi connectivity index (χ2n) is 6.17. The largest absolute Gasteiger partial charge is 0.399 e. The number of nitrogens with two attached hydrogens (primary N) is 2. The summed E-state index contributed by atoms with van der Waals surface area (Å²) < 4.78 is 0. The van der Waals surface area contributed by atoms with Crippen LogP contribution in [0.4, 0.5) is 22.7 Å². The summed E-state index contributed by atoms with van der Waals surface area (Å²) in [6.45, 7) is 0. The fourth-order valence-corrected chi connectivity index (χ4v) is 2.87. The number of nitrogens with zero attached hydrogens (tertiary/aromatic N) is 2. The van der Waals surface area contributed by atoms with E-state index in [-0.39, 0.29) is 34.0 Å². The Bertz CT molecular complexity index is 844. The Hall–Kier alpha value is -2.70. The molecule has 0 bridgehead atoms. The maximum absolute atomic E-state index is 5.75. The van der Waals surface area contributed by atoms with Gasteiger partial charge < -0.3 is 21.3 Å². The van der Waals surface area contributed by atoms with Crippen LogP contribution in [0.3, 0.4) is 0 Å². The molecule has 0 unspecified atom stereocenters. The lowest BCUT2D eigenvalue weighted by Crippen LogP contribution is -2.12. The molecule has 2 heterocycles. The fourth-order valence-electron chi connectivity index (χ4n) is 2.87. The van der Waals surface area contributed by atoms with Crippen molar-refractivity contribution >= 4 is 56.7 Å². The van der Waals surface area contributed by atoms with Gasteiger partial charge in [0, 0.05) is 47.5 Å².